The molecule has 1 heterocycles. The fourth-order valence-electron chi connectivity index (χ4n) is 0.530. The third-order valence-corrected chi connectivity index (χ3v) is 2.77. The minimum absolute atomic E-state index is 0.559. The van der Waals surface area contributed by atoms with E-state index < -0.39 is 0 Å². The molecule has 47 valence electrons. The smallest absolute Gasteiger partial charge is 0.0702 e. The van der Waals surface area contributed by atoms with Gasteiger partial charge < -0.3 is 0 Å². The van der Waals surface area contributed by atoms with E-state index in [0.29, 0.717) is 5.37 Å². The van der Waals surface area contributed by atoms with Crippen molar-refractivity contribution in [2.24, 2.45) is 0 Å². The van der Waals surface area contributed by atoms with Crippen LogP contribution in [0.1, 0.15) is 6.92 Å². The topological polar surface area (TPSA) is 15.3 Å². The second-order valence-corrected chi connectivity index (χ2v) is 3.86. The van der Waals surface area contributed by atoms with Crippen LogP contribution in [0.2, 0.25) is 0 Å². The van der Waals surface area contributed by atoms with Gasteiger partial charge in [0.2, 0.25) is 0 Å². The van der Waals surface area contributed by atoms with Gasteiger partial charge >= 0.3 is 0 Å². The van der Waals surface area contributed by atoms with E-state index in [9.17, 15) is 0 Å². The second-order valence-electron chi connectivity index (χ2n) is 1.57. The van der Waals surface area contributed by atoms with Crippen LogP contribution in [0.4, 0.5) is 0 Å². The molecule has 0 amide bonds. The quantitative estimate of drug-likeness (QED) is 0.565. The molecule has 0 aliphatic carbocycles. The van der Waals surface area contributed by atoms with Crippen LogP contribution < -0.4 is 5.32 Å². The lowest BCUT2D eigenvalue weighted by Gasteiger charge is -2.05. The zero-order chi connectivity index (χ0) is 5.98. The Hall–Kier alpha value is 0.620. The fourth-order valence-corrected chi connectivity index (χ4v) is 1.98. The second kappa shape index (κ2) is 2.96. The van der Waals surface area contributed by atoms with Crippen molar-refractivity contribution < 1.29 is 0 Å². The Balaban J connectivity index is 2.22. The summed E-state index contributed by atoms with van der Waals surface area (Å²) >= 11 is 3.31. The Bertz CT molecular complexity index is 78.4. The molecule has 1 aliphatic rings. The molecule has 0 spiro atoms. The zero-order valence-electron chi connectivity index (χ0n) is 4.76. The van der Waals surface area contributed by atoms with E-state index >= 15 is 0 Å². The Labute approximate surface area is 58.7 Å². The van der Waals surface area contributed by atoms with Crippen molar-refractivity contribution in [2.75, 3.05) is 6.67 Å². The number of rotatable bonds is 1. The van der Waals surface area contributed by atoms with Gasteiger partial charge in [-0.2, -0.15) is 3.71 Å². The predicted octanol–water partition coefficient (Wildman–Crippen LogP) is 1.28. The Morgan fingerprint density at radius 1 is 2.00 bits per heavy atom. The molecular formula is C4H9N2S2. The average molecular weight is 149 g/mol. The molecule has 0 bridgehead atoms. The molecule has 0 aromatic rings. The normalized spacial score (nSPS) is 31.5. The number of hydrogen-bond donors (Lipinski definition) is 1. The SMILES string of the molecule is [CH2]SN1CNC(C)S1. The van der Waals surface area contributed by atoms with Gasteiger partial charge in [-0.1, -0.05) is 11.9 Å². The number of nitrogens with zero attached hydrogens (tertiary/aromatic N) is 1. The first-order valence-electron chi connectivity index (χ1n) is 2.43. The van der Waals surface area contributed by atoms with Gasteiger partial charge in [-0.05, 0) is 18.9 Å². The molecule has 1 atom stereocenters. The summed E-state index contributed by atoms with van der Waals surface area (Å²) in [6, 6.07) is 0. The summed E-state index contributed by atoms with van der Waals surface area (Å²) < 4.78 is 2.12. The van der Waals surface area contributed by atoms with Crippen LogP contribution in [0, 0.1) is 6.26 Å². The molecule has 2 nitrogen and oxygen atoms in total. The van der Waals surface area contributed by atoms with Crippen LogP contribution in [0.15, 0.2) is 0 Å². The molecule has 4 heteroatoms. The number of nitrogens with one attached hydrogen (secondary N) is 1. The van der Waals surface area contributed by atoms with Crippen molar-refractivity contribution in [2.45, 2.75) is 12.3 Å². The van der Waals surface area contributed by atoms with Crippen molar-refractivity contribution in [3.05, 3.63) is 6.26 Å². The zero-order valence-corrected chi connectivity index (χ0v) is 6.39. The van der Waals surface area contributed by atoms with Gasteiger partial charge in [0.15, 0.2) is 0 Å². The maximum atomic E-state index is 3.68. The first-order valence-corrected chi connectivity index (χ1v) is 4.20. The minimum Gasteiger partial charge on any atom is -0.290 e. The van der Waals surface area contributed by atoms with Gasteiger partial charge in [0.25, 0.3) is 0 Å². The molecule has 0 saturated carbocycles. The molecule has 1 fully saturated rings. The molecule has 1 radical (unpaired) electrons. The van der Waals surface area contributed by atoms with Gasteiger partial charge in [0, 0.05) is 6.26 Å². The summed E-state index contributed by atoms with van der Waals surface area (Å²) in [5.41, 5.74) is 0. The standard InChI is InChI=1S/C4H9N2S2/c1-4-5-3-6(7-2)8-4/h4-5H,2-3H2,1H3. The van der Waals surface area contributed by atoms with Crippen molar-refractivity contribution in [3.8, 4) is 0 Å². The van der Waals surface area contributed by atoms with Crippen molar-refractivity contribution in [1.29, 1.82) is 0 Å². The first kappa shape index (κ1) is 6.74. The van der Waals surface area contributed by atoms with Crippen molar-refractivity contribution in [1.82, 2.24) is 9.03 Å². The minimum atomic E-state index is 0.559. The molecule has 8 heavy (non-hydrogen) atoms. The first-order chi connectivity index (χ1) is 3.83. The highest BCUT2D eigenvalue weighted by molar-refractivity contribution is 8.12. The third-order valence-electron chi connectivity index (χ3n) is 0.928. The molecule has 1 N–H and O–H groups in total. The summed E-state index contributed by atoms with van der Waals surface area (Å²) in [5.74, 6) is 0. The molecule has 1 saturated heterocycles. The van der Waals surface area contributed by atoms with E-state index in [4.69, 9.17) is 0 Å². The number of hydrogen-bond acceptors (Lipinski definition) is 4. The van der Waals surface area contributed by atoms with Gasteiger partial charge in [-0.3, -0.25) is 5.32 Å². The van der Waals surface area contributed by atoms with E-state index in [2.05, 4.69) is 22.2 Å². The highest BCUT2D eigenvalue weighted by atomic mass is 32.2. The highest BCUT2D eigenvalue weighted by Crippen LogP contribution is 2.26. The summed E-state index contributed by atoms with van der Waals surface area (Å²) in [5, 5.41) is 3.81. The molecule has 1 unspecified atom stereocenters. The van der Waals surface area contributed by atoms with Gasteiger partial charge in [-0.15, -0.1) is 0 Å². The summed E-state index contributed by atoms with van der Waals surface area (Å²) in [4.78, 5) is 0. The van der Waals surface area contributed by atoms with Gasteiger partial charge in [-0.25, -0.2) is 0 Å². The summed E-state index contributed by atoms with van der Waals surface area (Å²) in [6.45, 7) is 3.08. The van der Waals surface area contributed by atoms with Gasteiger partial charge in [0.05, 0.1) is 12.0 Å². The fraction of sp³-hybridized carbons (Fsp3) is 0.750. The van der Waals surface area contributed by atoms with Crippen molar-refractivity contribution >= 4 is 23.9 Å². The Morgan fingerprint density at radius 2 is 2.75 bits per heavy atom. The van der Waals surface area contributed by atoms with E-state index in [-0.39, 0.29) is 0 Å². The van der Waals surface area contributed by atoms with Crippen LogP contribution in [0.25, 0.3) is 0 Å². The molecular weight excluding hydrogens is 140 g/mol. The van der Waals surface area contributed by atoms with Crippen LogP contribution in [0.3, 0.4) is 0 Å². The lowest BCUT2D eigenvalue weighted by molar-refractivity contribution is 0.647. The van der Waals surface area contributed by atoms with Crippen LogP contribution >= 0.6 is 23.9 Å². The van der Waals surface area contributed by atoms with E-state index in [1.807, 2.05) is 0 Å². The third kappa shape index (κ3) is 1.55. The van der Waals surface area contributed by atoms with Crippen LogP contribution in [-0.4, -0.2) is 15.8 Å². The Morgan fingerprint density at radius 3 is 3.00 bits per heavy atom. The molecule has 0 aromatic carbocycles. The van der Waals surface area contributed by atoms with E-state index in [1.54, 1.807) is 11.9 Å². The average Bonchev–Trinajstić information content (AvgIpc) is 2.14. The largest absolute Gasteiger partial charge is 0.290 e. The maximum absolute atomic E-state index is 3.68. The maximum Gasteiger partial charge on any atom is 0.0702 e. The predicted molar refractivity (Wildman–Crippen MR) is 39.8 cm³/mol. The highest BCUT2D eigenvalue weighted by Gasteiger charge is 2.16. The van der Waals surface area contributed by atoms with E-state index in [1.165, 1.54) is 11.9 Å². The van der Waals surface area contributed by atoms with Crippen molar-refractivity contribution in [3.63, 3.8) is 0 Å². The summed E-state index contributed by atoms with van der Waals surface area (Å²) in [7, 11) is 0. The molecule has 0 aromatic heterocycles. The Kier molecular flexibility index (Phi) is 2.49. The lowest BCUT2D eigenvalue weighted by Crippen LogP contribution is -2.17. The van der Waals surface area contributed by atoms with Crippen LogP contribution in [0.5, 0.6) is 0 Å². The van der Waals surface area contributed by atoms with E-state index in [0.717, 1.165) is 6.67 Å². The van der Waals surface area contributed by atoms with Crippen LogP contribution in [-0.2, 0) is 0 Å². The lowest BCUT2D eigenvalue weighted by atomic mass is 10.7. The monoisotopic (exact) mass is 149 g/mol. The summed E-state index contributed by atoms with van der Waals surface area (Å²) in [6.07, 6.45) is 3.68. The molecule has 1 aliphatic heterocycles. The van der Waals surface area contributed by atoms with Gasteiger partial charge in [0.1, 0.15) is 0 Å². The molecule has 1 rings (SSSR count).